The molecule has 26 heavy (non-hydrogen) atoms. The van der Waals surface area contributed by atoms with E-state index in [9.17, 15) is 4.79 Å². The monoisotopic (exact) mass is 385 g/mol. The van der Waals surface area contributed by atoms with Gasteiger partial charge in [-0.3, -0.25) is 4.57 Å². The minimum atomic E-state index is -0.0301. The minimum absolute atomic E-state index is 0.0301. The topological polar surface area (TPSA) is 41.0 Å². The van der Waals surface area contributed by atoms with Gasteiger partial charge in [0.25, 0.3) is 0 Å². The Morgan fingerprint density at radius 1 is 1.12 bits per heavy atom. The second-order valence-electron chi connectivity index (χ2n) is 7.14. The maximum atomic E-state index is 12.4. The average Bonchev–Trinajstić information content (AvgIpc) is 3.14. The first-order chi connectivity index (χ1) is 12.5. The summed E-state index contributed by atoms with van der Waals surface area (Å²) < 4.78 is 1.84. The van der Waals surface area contributed by atoms with Crippen LogP contribution in [0.4, 0.5) is 0 Å². The number of nitrogens with zero attached hydrogens (tertiary/aromatic N) is 2. The first-order valence-corrected chi connectivity index (χ1v) is 10.3. The molecule has 2 unspecified atom stereocenters. The quantitative estimate of drug-likeness (QED) is 0.787. The van der Waals surface area contributed by atoms with E-state index in [1.807, 2.05) is 4.57 Å². The first-order valence-electron chi connectivity index (χ1n) is 9.11. The number of H-pyrrole nitrogens is 1. The summed E-state index contributed by atoms with van der Waals surface area (Å²) in [6.07, 6.45) is 8.56. The summed E-state index contributed by atoms with van der Waals surface area (Å²) in [5.74, 6) is 0. The van der Waals surface area contributed by atoms with E-state index in [1.54, 1.807) is 0 Å². The van der Waals surface area contributed by atoms with E-state index in [-0.39, 0.29) is 5.69 Å². The molecule has 2 atom stereocenters. The van der Waals surface area contributed by atoms with E-state index in [2.05, 4.69) is 59.2 Å². The number of nitrogens with one attached hydrogen (secondary N) is 1. The van der Waals surface area contributed by atoms with Crippen molar-refractivity contribution in [3.8, 4) is 0 Å². The largest absolute Gasteiger partial charge is 0.371 e. The lowest BCUT2D eigenvalue weighted by atomic mass is 10.1. The van der Waals surface area contributed by atoms with Crippen molar-refractivity contribution >= 4 is 41.2 Å². The summed E-state index contributed by atoms with van der Waals surface area (Å²) in [5.41, 5.74) is 3.67. The molecule has 4 nitrogen and oxygen atoms in total. The van der Waals surface area contributed by atoms with E-state index in [4.69, 9.17) is 0 Å². The Labute approximate surface area is 158 Å². The number of hydrogen-bond donors (Lipinski definition) is 1. The Morgan fingerprint density at radius 2 is 1.85 bits per heavy atom. The Bertz CT molecular complexity index is 1020. The summed E-state index contributed by atoms with van der Waals surface area (Å²) >= 11 is 0. The fourth-order valence-electron chi connectivity index (χ4n) is 3.89. The van der Waals surface area contributed by atoms with Gasteiger partial charge in [-0.05, 0) is 59.6 Å². The van der Waals surface area contributed by atoms with Gasteiger partial charge in [0.05, 0.1) is 17.2 Å². The lowest BCUT2D eigenvalue weighted by molar-refractivity contribution is 0.389. The molecule has 0 spiro atoms. The van der Waals surface area contributed by atoms with Crippen LogP contribution in [0.25, 0.3) is 12.2 Å². The Hall–Kier alpha value is -1.63. The molecule has 136 valence electrons. The predicted octanol–water partition coefficient (Wildman–Crippen LogP) is 0.690. The van der Waals surface area contributed by atoms with Crippen LogP contribution in [0.2, 0.25) is 0 Å². The van der Waals surface area contributed by atoms with Crippen LogP contribution < -0.4 is 27.0 Å². The summed E-state index contributed by atoms with van der Waals surface area (Å²) in [4.78, 5) is 17.7. The molecule has 1 aliphatic carbocycles. The molecule has 1 saturated heterocycles. The van der Waals surface area contributed by atoms with Crippen LogP contribution in [-0.2, 0) is 13.1 Å². The van der Waals surface area contributed by atoms with E-state index in [0.717, 1.165) is 48.6 Å². The van der Waals surface area contributed by atoms with Crippen molar-refractivity contribution in [2.75, 3.05) is 6.54 Å². The number of rotatable bonds is 4. The molecule has 0 saturated carbocycles. The zero-order valence-corrected chi connectivity index (χ0v) is 17.2. The molecular weight excluding hydrogens is 360 g/mol. The van der Waals surface area contributed by atoms with Gasteiger partial charge in [-0.2, -0.15) is 0 Å². The third-order valence-electron chi connectivity index (χ3n) is 5.32. The lowest BCUT2D eigenvalue weighted by Gasteiger charge is -2.22. The van der Waals surface area contributed by atoms with Gasteiger partial charge < -0.3 is 9.88 Å². The molecule has 1 aromatic heterocycles. The van der Waals surface area contributed by atoms with Crippen LogP contribution in [-0.4, -0.2) is 21.0 Å². The lowest BCUT2D eigenvalue weighted by Crippen LogP contribution is -2.34. The third kappa shape index (κ3) is 3.33. The van der Waals surface area contributed by atoms with Gasteiger partial charge in [-0.15, -0.1) is 18.5 Å². The van der Waals surface area contributed by atoms with Gasteiger partial charge in [-0.25, -0.2) is 4.79 Å². The molecule has 6 heteroatoms. The van der Waals surface area contributed by atoms with Crippen molar-refractivity contribution in [1.82, 2.24) is 14.5 Å². The number of benzene rings is 1. The smallest absolute Gasteiger partial charge is 0.326 e. The fourth-order valence-corrected chi connectivity index (χ4v) is 5.00. The standard InChI is InChI=1S/C20H25N3OP2/c1-13-5-4-8-22(13)12-15-18(25)9-14(10-19(15)26)11-23-17-7-3-2-6-16(17)21-20(23)24/h6-7,9-10H,1-5,8,11-12,25-26H2,(H,21,24). The SMILES string of the molecule is C=C1CCCN1Cc1c(P)cc(Cn2c(=O)[nH]c3c2=CCCC=3)cc1P. The highest BCUT2D eigenvalue weighted by Gasteiger charge is 2.17. The zero-order valence-electron chi connectivity index (χ0n) is 14.9. The number of aromatic nitrogens is 2. The van der Waals surface area contributed by atoms with Crippen molar-refractivity contribution in [2.24, 2.45) is 0 Å². The van der Waals surface area contributed by atoms with Crippen LogP contribution in [0.5, 0.6) is 0 Å². The van der Waals surface area contributed by atoms with Gasteiger partial charge in [0, 0.05) is 18.8 Å². The summed E-state index contributed by atoms with van der Waals surface area (Å²) in [6, 6.07) is 4.37. The van der Waals surface area contributed by atoms with E-state index in [1.165, 1.54) is 28.3 Å². The minimum Gasteiger partial charge on any atom is -0.371 e. The van der Waals surface area contributed by atoms with Crippen molar-refractivity contribution in [1.29, 1.82) is 0 Å². The van der Waals surface area contributed by atoms with E-state index < -0.39 is 0 Å². The molecule has 1 fully saturated rings. The molecule has 1 aromatic carbocycles. The molecule has 2 aromatic rings. The van der Waals surface area contributed by atoms with Crippen molar-refractivity contribution in [3.63, 3.8) is 0 Å². The zero-order chi connectivity index (χ0) is 18.3. The van der Waals surface area contributed by atoms with Crippen LogP contribution in [0.15, 0.2) is 29.2 Å². The maximum Gasteiger partial charge on any atom is 0.326 e. The van der Waals surface area contributed by atoms with Crippen LogP contribution in [0, 0.1) is 0 Å². The van der Waals surface area contributed by atoms with E-state index >= 15 is 0 Å². The Morgan fingerprint density at radius 3 is 2.54 bits per heavy atom. The number of likely N-dealkylation sites (tertiary alicyclic amines) is 1. The molecule has 0 radical (unpaired) electrons. The average molecular weight is 385 g/mol. The van der Waals surface area contributed by atoms with Gasteiger partial charge in [0.1, 0.15) is 0 Å². The van der Waals surface area contributed by atoms with Crippen molar-refractivity contribution in [3.05, 3.63) is 56.7 Å². The van der Waals surface area contributed by atoms with Gasteiger partial charge >= 0.3 is 5.69 Å². The van der Waals surface area contributed by atoms with Gasteiger partial charge in [0.15, 0.2) is 0 Å². The highest BCUT2D eigenvalue weighted by atomic mass is 31.0. The molecule has 2 aliphatic rings. The summed E-state index contributed by atoms with van der Waals surface area (Å²) in [6.45, 7) is 6.76. The second kappa shape index (κ2) is 7.18. The first kappa shape index (κ1) is 17.8. The highest BCUT2D eigenvalue weighted by Crippen LogP contribution is 2.22. The van der Waals surface area contributed by atoms with Crippen LogP contribution >= 0.6 is 18.5 Å². The normalized spacial score (nSPS) is 16.4. The highest BCUT2D eigenvalue weighted by molar-refractivity contribution is 7.29. The fraction of sp³-hybridized carbons (Fsp3) is 0.350. The molecule has 1 aliphatic heterocycles. The molecule has 1 N–H and O–H groups in total. The summed E-state index contributed by atoms with van der Waals surface area (Å²) in [5, 5.41) is 4.37. The molecule has 2 heterocycles. The molecule has 0 amide bonds. The van der Waals surface area contributed by atoms with Gasteiger partial charge in [-0.1, -0.05) is 18.7 Å². The third-order valence-corrected chi connectivity index (χ3v) is 6.35. The molecular formula is C20H25N3OP2. The predicted molar refractivity (Wildman–Crippen MR) is 115 cm³/mol. The van der Waals surface area contributed by atoms with Crippen molar-refractivity contribution < 1.29 is 0 Å². The Balaban J connectivity index is 1.64. The number of hydrogen-bond acceptors (Lipinski definition) is 2. The Kier molecular flexibility index (Phi) is 4.90. The number of allylic oxidation sites excluding steroid dienone is 1. The number of fused-ring (bicyclic) bond motifs is 1. The second-order valence-corrected chi connectivity index (χ2v) is 8.39. The van der Waals surface area contributed by atoms with Crippen molar-refractivity contribution in [2.45, 2.75) is 38.8 Å². The van der Waals surface area contributed by atoms with Crippen LogP contribution in [0.3, 0.4) is 0 Å². The summed E-state index contributed by atoms with van der Waals surface area (Å²) in [7, 11) is 5.74. The molecule has 0 bridgehead atoms. The number of aromatic amines is 1. The van der Waals surface area contributed by atoms with Gasteiger partial charge in [0.2, 0.25) is 0 Å². The number of imidazole rings is 1. The van der Waals surface area contributed by atoms with E-state index in [0.29, 0.717) is 6.54 Å². The molecule has 4 rings (SSSR count). The van der Waals surface area contributed by atoms with Crippen LogP contribution in [0.1, 0.15) is 36.8 Å². The maximum absolute atomic E-state index is 12.4.